The van der Waals surface area contributed by atoms with Gasteiger partial charge in [0.05, 0.1) is 17.7 Å². The number of aliphatic hydroxyl groups is 1. The van der Waals surface area contributed by atoms with E-state index in [0.717, 1.165) is 0 Å². The van der Waals surface area contributed by atoms with Gasteiger partial charge in [-0.25, -0.2) is 0 Å². The molecule has 0 bridgehead atoms. The maximum absolute atomic E-state index is 13.1. The van der Waals surface area contributed by atoms with E-state index < -0.39 is 23.7 Å². The minimum atomic E-state index is -0.780. The van der Waals surface area contributed by atoms with Gasteiger partial charge in [0.1, 0.15) is 17.3 Å². The largest absolute Gasteiger partial charge is 0.507 e. The van der Waals surface area contributed by atoms with E-state index in [-0.39, 0.29) is 17.4 Å². The van der Waals surface area contributed by atoms with Crippen molar-refractivity contribution in [3.05, 3.63) is 65.2 Å². The van der Waals surface area contributed by atoms with Crippen molar-refractivity contribution >= 4 is 23.4 Å². The van der Waals surface area contributed by atoms with Gasteiger partial charge in [-0.15, -0.1) is 0 Å². The predicted octanol–water partition coefficient (Wildman–Crippen LogP) is 3.38. The molecule has 1 unspecified atom stereocenters. The monoisotopic (exact) mass is 466 g/mol. The standard InChI is InChI=1S/C26H30N2O6/c1-16(2)33-20-12-8-19(9-13-20)24(30)22-23(18-6-10-21(11-7-18)34-17(3)29)28(15-14-27(4)5)26(32)25(22)31/h6-13,16,23,30H,14-15H2,1-5H3/b24-22+. The number of esters is 1. The molecule has 0 aromatic heterocycles. The Kier molecular flexibility index (Phi) is 7.73. The summed E-state index contributed by atoms with van der Waals surface area (Å²) in [6.07, 6.45) is -0.00331. The van der Waals surface area contributed by atoms with Crippen molar-refractivity contribution < 1.29 is 29.0 Å². The molecule has 3 rings (SSSR count). The van der Waals surface area contributed by atoms with E-state index in [4.69, 9.17) is 9.47 Å². The molecule has 0 aliphatic carbocycles. The van der Waals surface area contributed by atoms with Gasteiger partial charge in [0.15, 0.2) is 0 Å². The van der Waals surface area contributed by atoms with Gasteiger partial charge in [-0.2, -0.15) is 0 Å². The van der Waals surface area contributed by atoms with Crippen LogP contribution in [0.5, 0.6) is 11.5 Å². The lowest BCUT2D eigenvalue weighted by atomic mass is 9.95. The minimum Gasteiger partial charge on any atom is -0.507 e. The maximum Gasteiger partial charge on any atom is 0.308 e. The van der Waals surface area contributed by atoms with E-state index in [1.165, 1.54) is 11.8 Å². The summed E-state index contributed by atoms with van der Waals surface area (Å²) in [5, 5.41) is 11.1. The lowest BCUT2D eigenvalue weighted by Gasteiger charge is -2.26. The number of benzene rings is 2. The first kappa shape index (κ1) is 25.0. The van der Waals surface area contributed by atoms with E-state index in [1.54, 1.807) is 48.5 Å². The number of carbonyl (C=O) groups excluding carboxylic acids is 3. The van der Waals surface area contributed by atoms with E-state index in [2.05, 4.69) is 0 Å². The fourth-order valence-electron chi connectivity index (χ4n) is 3.77. The second-order valence-corrected chi connectivity index (χ2v) is 8.65. The number of rotatable bonds is 8. The first-order valence-corrected chi connectivity index (χ1v) is 11.1. The number of likely N-dealkylation sites (tertiary alicyclic amines) is 1. The zero-order chi connectivity index (χ0) is 25.0. The summed E-state index contributed by atoms with van der Waals surface area (Å²) in [6.45, 7) is 5.97. The van der Waals surface area contributed by atoms with Crippen molar-refractivity contribution in [2.24, 2.45) is 0 Å². The number of Topliss-reactive ketones (excluding diaryl/α,β-unsaturated/α-hetero) is 1. The van der Waals surface area contributed by atoms with Gasteiger partial charge in [-0.3, -0.25) is 14.4 Å². The Labute approximate surface area is 199 Å². The molecule has 0 radical (unpaired) electrons. The number of amides is 1. The Hall–Kier alpha value is -3.65. The molecular formula is C26H30N2O6. The highest BCUT2D eigenvalue weighted by molar-refractivity contribution is 6.46. The zero-order valence-electron chi connectivity index (χ0n) is 20.1. The van der Waals surface area contributed by atoms with Gasteiger partial charge in [0.25, 0.3) is 11.7 Å². The van der Waals surface area contributed by atoms with E-state index in [0.29, 0.717) is 35.7 Å². The molecule has 1 fully saturated rings. The van der Waals surface area contributed by atoms with Crippen molar-refractivity contribution in [2.45, 2.75) is 32.9 Å². The molecule has 0 spiro atoms. The Balaban J connectivity index is 2.05. The molecule has 8 heteroatoms. The number of aliphatic hydroxyl groups excluding tert-OH is 1. The summed E-state index contributed by atoms with van der Waals surface area (Å²) in [5.74, 6) is -1.13. The topological polar surface area (TPSA) is 96.4 Å². The second kappa shape index (κ2) is 10.5. The van der Waals surface area contributed by atoms with Crippen molar-refractivity contribution in [2.75, 3.05) is 27.2 Å². The number of likely N-dealkylation sites (N-methyl/N-ethyl adjacent to an activating group) is 1. The molecular weight excluding hydrogens is 436 g/mol. The third kappa shape index (κ3) is 5.63. The first-order valence-electron chi connectivity index (χ1n) is 11.1. The van der Waals surface area contributed by atoms with Crippen LogP contribution in [0.4, 0.5) is 0 Å². The van der Waals surface area contributed by atoms with Crippen LogP contribution >= 0.6 is 0 Å². The van der Waals surface area contributed by atoms with Crippen molar-refractivity contribution in [3.8, 4) is 11.5 Å². The molecule has 34 heavy (non-hydrogen) atoms. The minimum absolute atomic E-state index is 0.00331. The lowest BCUT2D eigenvalue weighted by Crippen LogP contribution is -2.35. The number of ketones is 1. The third-order valence-corrected chi connectivity index (χ3v) is 5.29. The SMILES string of the molecule is CC(=O)Oc1ccc(C2/C(=C(\O)c3ccc(OC(C)C)cc3)C(=O)C(=O)N2CCN(C)C)cc1. The van der Waals surface area contributed by atoms with Crippen LogP contribution in [0.2, 0.25) is 0 Å². The summed E-state index contributed by atoms with van der Waals surface area (Å²) in [4.78, 5) is 40.6. The molecule has 1 amide bonds. The number of nitrogens with zero attached hydrogens (tertiary/aromatic N) is 2. The number of hydrogen-bond donors (Lipinski definition) is 1. The van der Waals surface area contributed by atoms with Crippen LogP contribution < -0.4 is 9.47 Å². The Morgan fingerprint density at radius 1 is 1.03 bits per heavy atom. The maximum atomic E-state index is 13.1. The Morgan fingerprint density at radius 3 is 2.15 bits per heavy atom. The van der Waals surface area contributed by atoms with Crippen molar-refractivity contribution in [1.29, 1.82) is 0 Å². The molecule has 1 atom stereocenters. The molecule has 1 heterocycles. The summed E-state index contributed by atoms with van der Waals surface area (Å²) in [7, 11) is 3.75. The molecule has 180 valence electrons. The number of hydrogen-bond acceptors (Lipinski definition) is 7. The average Bonchev–Trinajstić information content (AvgIpc) is 3.02. The molecule has 1 saturated heterocycles. The van der Waals surface area contributed by atoms with E-state index in [9.17, 15) is 19.5 Å². The summed E-state index contributed by atoms with van der Waals surface area (Å²) >= 11 is 0. The van der Waals surface area contributed by atoms with Gasteiger partial charge < -0.3 is 24.4 Å². The highest BCUT2D eigenvalue weighted by Gasteiger charge is 2.45. The number of ether oxygens (including phenoxy) is 2. The van der Waals surface area contributed by atoms with Crippen LogP contribution in [0.25, 0.3) is 5.76 Å². The Bertz CT molecular complexity index is 1090. The first-order chi connectivity index (χ1) is 16.1. The summed E-state index contributed by atoms with van der Waals surface area (Å²) < 4.78 is 10.7. The quantitative estimate of drug-likeness (QED) is 0.209. The predicted molar refractivity (Wildman–Crippen MR) is 128 cm³/mol. The van der Waals surface area contributed by atoms with Crippen LogP contribution in [-0.2, 0) is 14.4 Å². The Morgan fingerprint density at radius 2 is 1.62 bits per heavy atom. The summed E-state index contributed by atoms with van der Waals surface area (Å²) in [6, 6.07) is 12.5. The molecule has 1 aliphatic rings. The van der Waals surface area contributed by atoms with Crippen LogP contribution in [0.3, 0.4) is 0 Å². The zero-order valence-corrected chi connectivity index (χ0v) is 20.1. The highest BCUT2D eigenvalue weighted by Crippen LogP contribution is 2.39. The van der Waals surface area contributed by atoms with Crippen molar-refractivity contribution in [1.82, 2.24) is 9.80 Å². The molecule has 1 N–H and O–H groups in total. The van der Waals surface area contributed by atoms with Crippen LogP contribution in [0, 0.1) is 0 Å². The van der Waals surface area contributed by atoms with E-state index in [1.807, 2.05) is 32.8 Å². The molecule has 1 aliphatic heterocycles. The molecule has 2 aromatic carbocycles. The molecule has 0 saturated carbocycles. The third-order valence-electron chi connectivity index (χ3n) is 5.29. The fourth-order valence-corrected chi connectivity index (χ4v) is 3.77. The second-order valence-electron chi connectivity index (χ2n) is 8.65. The molecule has 2 aromatic rings. The van der Waals surface area contributed by atoms with E-state index >= 15 is 0 Å². The van der Waals surface area contributed by atoms with Crippen LogP contribution in [-0.4, -0.2) is 65.9 Å². The van der Waals surface area contributed by atoms with Gasteiger partial charge in [0, 0.05) is 25.6 Å². The normalized spacial score (nSPS) is 17.5. The van der Waals surface area contributed by atoms with Gasteiger partial charge in [-0.05, 0) is 69.9 Å². The van der Waals surface area contributed by atoms with Gasteiger partial charge in [0.2, 0.25) is 0 Å². The fraction of sp³-hybridized carbons (Fsp3) is 0.346. The highest BCUT2D eigenvalue weighted by atomic mass is 16.5. The van der Waals surface area contributed by atoms with Crippen LogP contribution in [0.15, 0.2) is 54.1 Å². The number of carbonyl (C=O) groups is 3. The smallest absolute Gasteiger partial charge is 0.308 e. The van der Waals surface area contributed by atoms with Gasteiger partial charge in [-0.1, -0.05) is 12.1 Å². The average molecular weight is 467 g/mol. The molecule has 8 nitrogen and oxygen atoms in total. The van der Waals surface area contributed by atoms with Crippen molar-refractivity contribution in [3.63, 3.8) is 0 Å². The van der Waals surface area contributed by atoms with Gasteiger partial charge >= 0.3 is 5.97 Å². The van der Waals surface area contributed by atoms with Crippen LogP contribution in [0.1, 0.15) is 37.9 Å². The lowest BCUT2D eigenvalue weighted by molar-refractivity contribution is -0.140. The summed E-state index contributed by atoms with van der Waals surface area (Å²) in [5.41, 5.74) is 1.04.